The average molecular weight is 266 g/mol. The van der Waals surface area contributed by atoms with Crippen molar-refractivity contribution in [3.05, 3.63) is 54.4 Å². The molecule has 102 valence electrons. The minimum atomic E-state index is 0.932. The van der Waals surface area contributed by atoms with Gasteiger partial charge in [0.2, 0.25) is 5.95 Å². The van der Waals surface area contributed by atoms with Crippen LogP contribution in [-0.4, -0.2) is 28.1 Å². The quantitative estimate of drug-likeness (QED) is 0.728. The molecule has 1 aromatic carbocycles. The van der Waals surface area contributed by atoms with E-state index in [0.717, 1.165) is 24.4 Å². The molecular formula is C16H18N4. The zero-order valence-corrected chi connectivity index (χ0v) is 11.8. The molecule has 4 nitrogen and oxygen atoms in total. The second-order valence-electron chi connectivity index (χ2n) is 4.99. The van der Waals surface area contributed by atoms with Gasteiger partial charge in [-0.25, -0.2) is 4.98 Å². The number of imidazole rings is 1. The van der Waals surface area contributed by atoms with E-state index in [4.69, 9.17) is 4.98 Å². The number of benzene rings is 1. The average Bonchev–Trinajstić information content (AvgIpc) is 2.84. The Kier molecular flexibility index (Phi) is 3.37. The molecule has 20 heavy (non-hydrogen) atoms. The number of nitrogens with zero attached hydrogens (tertiary/aromatic N) is 4. The molecule has 0 fully saturated rings. The van der Waals surface area contributed by atoms with Gasteiger partial charge in [0.25, 0.3) is 0 Å². The lowest BCUT2D eigenvalue weighted by atomic mass is 10.2. The van der Waals surface area contributed by atoms with Crippen LogP contribution in [0.1, 0.15) is 5.56 Å². The Morgan fingerprint density at radius 1 is 1.10 bits per heavy atom. The number of rotatable bonds is 4. The summed E-state index contributed by atoms with van der Waals surface area (Å²) >= 11 is 0. The monoisotopic (exact) mass is 266 g/mol. The van der Waals surface area contributed by atoms with E-state index in [9.17, 15) is 0 Å². The zero-order chi connectivity index (χ0) is 13.9. The number of para-hydroxylation sites is 2. The molecule has 0 amide bonds. The minimum absolute atomic E-state index is 0.932. The summed E-state index contributed by atoms with van der Waals surface area (Å²) in [5.74, 6) is 1.00. The van der Waals surface area contributed by atoms with Gasteiger partial charge in [0.1, 0.15) is 0 Å². The van der Waals surface area contributed by atoms with Crippen molar-refractivity contribution in [3.8, 4) is 0 Å². The van der Waals surface area contributed by atoms with Gasteiger partial charge in [0.05, 0.1) is 11.0 Å². The van der Waals surface area contributed by atoms with E-state index in [2.05, 4.69) is 52.8 Å². The molecule has 0 spiro atoms. The van der Waals surface area contributed by atoms with Gasteiger partial charge in [-0.3, -0.25) is 4.98 Å². The van der Waals surface area contributed by atoms with Crippen molar-refractivity contribution in [1.82, 2.24) is 14.5 Å². The van der Waals surface area contributed by atoms with Crippen molar-refractivity contribution in [2.45, 2.75) is 6.42 Å². The summed E-state index contributed by atoms with van der Waals surface area (Å²) < 4.78 is 2.14. The highest BCUT2D eigenvalue weighted by atomic mass is 15.3. The zero-order valence-electron chi connectivity index (χ0n) is 11.8. The molecule has 3 rings (SSSR count). The first-order valence-electron chi connectivity index (χ1n) is 6.77. The maximum Gasteiger partial charge on any atom is 0.206 e. The highest BCUT2D eigenvalue weighted by molar-refractivity contribution is 5.78. The van der Waals surface area contributed by atoms with Crippen LogP contribution in [0.25, 0.3) is 11.0 Å². The third-order valence-electron chi connectivity index (χ3n) is 3.59. The van der Waals surface area contributed by atoms with Crippen molar-refractivity contribution in [1.29, 1.82) is 0 Å². The maximum atomic E-state index is 4.70. The van der Waals surface area contributed by atoms with Gasteiger partial charge in [0, 0.05) is 33.0 Å². The SMILES string of the molecule is CN(CCc1ccncc1)c1nc2ccccc2n1C. The van der Waals surface area contributed by atoms with Gasteiger partial charge in [-0.15, -0.1) is 0 Å². The second-order valence-corrected chi connectivity index (χ2v) is 4.99. The molecule has 0 saturated heterocycles. The van der Waals surface area contributed by atoms with Gasteiger partial charge >= 0.3 is 0 Å². The Hall–Kier alpha value is -2.36. The van der Waals surface area contributed by atoms with Gasteiger partial charge in [-0.05, 0) is 36.2 Å². The predicted octanol–water partition coefficient (Wildman–Crippen LogP) is 2.65. The number of pyridine rings is 1. The number of hydrogen-bond donors (Lipinski definition) is 0. The van der Waals surface area contributed by atoms with Crippen LogP contribution in [0, 0.1) is 0 Å². The van der Waals surface area contributed by atoms with Crippen LogP contribution in [0.5, 0.6) is 0 Å². The number of anilines is 1. The van der Waals surface area contributed by atoms with E-state index >= 15 is 0 Å². The number of fused-ring (bicyclic) bond motifs is 1. The Morgan fingerprint density at radius 2 is 1.85 bits per heavy atom. The van der Waals surface area contributed by atoms with Crippen LogP contribution in [0.3, 0.4) is 0 Å². The smallest absolute Gasteiger partial charge is 0.206 e. The fourth-order valence-corrected chi connectivity index (χ4v) is 2.42. The lowest BCUT2D eigenvalue weighted by Gasteiger charge is -2.18. The molecule has 0 atom stereocenters. The van der Waals surface area contributed by atoms with Crippen molar-refractivity contribution >= 4 is 17.0 Å². The standard InChI is InChI=1S/C16H18N4/c1-19(12-9-13-7-10-17-11-8-13)16-18-14-5-3-4-6-15(14)20(16)2/h3-8,10-11H,9,12H2,1-2H3. The number of likely N-dealkylation sites (N-methyl/N-ethyl adjacent to an activating group) is 1. The molecule has 0 aliphatic heterocycles. The van der Waals surface area contributed by atoms with Gasteiger partial charge in [-0.1, -0.05) is 12.1 Å². The van der Waals surface area contributed by atoms with Crippen molar-refractivity contribution in [2.75, 3.05) is 18.5 Å². The molecule has 2 heterocycles. The van der Waals surface area contributed by atoms with E-state index in [1.807, 2.05) is 24.5 Å². The third-order valence-corrected chi connectivity index (χ3v) is 3.59. The summed E-state index contributed by atoms with van der Waals surface area (Å²) in [6, 6.07) is 12.3. The van der Waals surface area contributed by atoms with Crippen molar-refractivity contribution in [2.24, 2.45) is 7.05 Å². The van der Waals surface area contributed by atoms with Crippen LogP contribution in [0.15, 0.2) is 48.8 Å². The van der Waals surface area contributed by atoms with E-state index < -0.39 is 0 Å². The van der Waals surface area contributed by atoms with Crippen LogP contribution in [0.4, 0.5) is 5.95 Å². The number of hydrogen-bond acceptors (Lipinski definition) is 3. The molecule has 0 unspecified atom stereocenters. The summed E-state index contributed by atoms with van der Waals surface area (Å²) in [4.78, 5) is 10.9. The largest absolute Gasteiger partial charge is 0.345 e. The summed E-state index contributed by atoms with van der Waals surface area (Å²) in [6.07, 6.45) is 4.66. The summed E-state index contributed by atoms with van der Waals surface area (Å²) in [6.45, 7) is 0.932. The van der Waals surface area contributed by atoms with Crippen molar-refractivity contribution < 1.29 is 0 Å². The lowest BCUT2D eigenvalue weighted by Crippen LogP contribution is -2.23. The fourth-order valence-electron chi connectivity index (χ4n) is 2.42. The van der Waals surface area contributed by atoms with E-state index in [1.165, 1.54) is 11.1 Å². The number of aryl methyl sites for hydroxylation is 1. The molecule has 0 aliphatic rings. The molecule has 0 radical (unpaired) electrons. The molecule has 3 aromatic rings. The van der Waals surface area contributed by atoms with E-state index in [-0.39, 0.29) is 0 Å². The topological polar surface area (TPSA) is 34.0 Å². The fraction of sp³-hybridized carbons (Fsp3) is 0.250. The van der Waals surface area contributed by atoms with Crippen LogP contribution in [-0.2, 0) is 13.5 Å². The van der Waals surface area contributed by atoms with E-state index in [1.54, 1.807) is 0 Å². The maximum absolute atomic E-state index is 4.70. The predicted molar refractivity (Wildman–Crippen MR) is 81.9 cm³/mol. The molecule has 0 N–H and O–H groups in total. The highest BCUT2D eigenvalue weighted by Crippen LogP contribution is 2.20. The first-order chi connectivity index (χ1) is 9.75. The molecule has 4 heteroatoms. The summed E-state index contributed by atoms with van der Waals surface area (Å²) in [5.41, 5.74) is 3.50. The first-order valence-corrected chi connectivity index (χ1v) is 6.77. The number of aromatic nitrogens is 3. The summed E-state index contributed by atoms with van der Waals surface area (Å²) in [7, 11) is 4.15. The third kappa shape index (κ3) is 2.37. The van der Waals surface area contributed by atoms with Crippen LogP contribution in [0.2, 0.25) is 0 Å². The Labute approximate surface area is 118 Å². The molecule has 0 saturated carbocycles. The normalized spacial score (nSPS) is 10.9. The lowest BCUT2D eigenvalue weighted by molar-refractivity contribution is 0.801. The van der Waals surface area contributed by atoms with Crippen LogP contribution >= 0.6 is 0 Å². The Bertz CT molecular complexity index is 703. The Balaban J connectivity index is 1.79. The molecule has 0 bridgehead atoms. The molecular weight excluding hydrogens is 248 g/mol. The minimum Gasteiger partial charge on any atom is -0.345 e. The second kappa shape index (κ2) is 5.33. The van der Waals surface area contributed by atoms with Crippen molar-refractivity contribution in [3.63, 3.8) is 0 Å². The molecule has 2 aromatic heterocycles. The van der Waals surface area contributed by atoms with Gasteiger partial charge < -0.3 is 9.47 Å². The van der Waals surface area contributed by atoms with Gasteiger partial charge in [0.15, 0.2) is 0 Å². The van der Waals surface area contributed by atoms with Crippen LogP contribution < -0.4 is 4.90 Å². The molecule has 0 aliphatic carbocycles. The Morgan fingerprint density at radius 3 is 2.60 bits per heavy atom. The van der Waals surface area contributed by atoms with E-state index in [0.29, 0.717) is 0 Å². The highest BCUT2D eigenvalue weighted by Gasteiger charge is 2.11. The summed E-state index contributed by atoms with van der Waals surface area (Å²) in [5, 5.41) is 0. The van der Waals surface area contributed by atoms with Gasteiger partial charge in [-0.2, -0.15) is 0 Å². The first kappa shape index (κ1) is 12.7.